The number of benzene rings is 2. The van der Waals surface area contributed by atoms with Crippen LogP contribution in [-0.2, 0) is 17.9 Å². The normalized spacial score (nSPS) is 14.7. The lowest BCUT2D eigenvalue weighted by Gasteiger charge is -2.35. The Morgan fingerprint density at radius 3 is 2.10 bits per heavy atom. The van der Waals surface area contributed by atoms with Crippen molar-refractivity contribution in [3.05, 3.63) is 58.7 Å². The summed E-state index contributed by atoms with van der Waals surface area (Å²) < 4.78 is 10.7. The van der Waals surface area contributed by atoms with Gasteiger partial charge in [-0.1, -0.05) is 24.3 Å². The first-order chi connectivity index (χ1) is 14.9. The number of hydrogen-bond donors (Lipinski definition) is 0. The Kier molecular flexibility index (Phi) is 7.93. The molecule has 1 amide bonds. The maximum Gasteiger partial charge on any atom is 0.236 e. The first kappa shape index (κ1) is 23.1. The topological polar surface area (TPSA) is 45.2 Å². The highest BCUT2D eigenvalue weighted by Crippen LogP contribution is 2.24. The Labute approximate surface area is 186 Å². The molecular weight excluding hydrogens is 390 g/mol. The number of carbonyl (C=O) groups is 1. The molecule has 6 nitrogen and oxygen atoms in total. The van der Waals surface area contributed by atoms with Crippen molar-refractivity contribution in [3.8, 4) is 11.5 Å². The second kappa shape index (κ2) is 10.6. The van der Waals surface area contributed by atoms with Crippen LogP contribution in [0.1, 0.15) is 22.3 Å². The molecular formula is C25H35N3O3. The molecule has 31 heavy (non-hydrogen) atoms. The van der Waals surface area contributed by atoms with Gasteiger partial charge >= 0.3 is 0 Å². The number of amides is 1. The van der Waals surface area contributed by atoms with E-state index < -0.39 is 0 Å². The second-order valence-electron chi connectivity index (χ2n) is 8.44. The Morgan fingerprint density at radius 2 is 1.55 bits per heavy atom. The monoisotopic (exact) mass is 425 g/mol. The van der Waals surface area contributed by atoms with Gasteiger partial charge in [0.1, 0.15) is 11.5 Å². The molecule has 1 saturated heterocycles. The Morgan fingerprint density at radius 1 is 0.935 bits per heavy atom. The van der Waals surface area contributed by atoms with Gasteiger partial charge in [-0.3, -0.25) is 14.6 Å². The summed E-state index contributed by atoms with van der Waals surface area (Å²) in [5.74, 6) is 2.02. The molecule has 3 rings (SSSR count). The third-order valence-corrected chi connectivity index (χ3v) is 5.87. The van der Waals surface area contributed by atoms with E-state index in [2.05, 4.69) is 47.9 Å². The van der Waals surface area contributed by atoms with Crippen molar-refractivity contribution >= 4 is 5.91 Å². The predicted octanol–water partition coefficient (Wildman–Crippen LogP) is 3.10. The maximum absolute atomic E-state index is 12.8. The Balaban J connectivity index is 1.46. The third kappa shape index (κ3) is 6.21. The van der Waals surface area contributed by atoms with Crippen LogP contribution in [0.15, 0.2) is 36.4 Å². The fourth-order valence-corrected chi connectivity index (χ4v) is 4.30. The van der Waals surface area contributed by atoms with Crippen LogP contribution in [0.5, 0.6) is 11.5 Å². The molecule has 1 heterocycles. The van der Waals surface area contributed by atoms with Crippen molar-refractivity contribution < 1.29 is 14.3 Å². The number of likely N-dealkylation sites (N-methyl/N-ethyl adjacent to an activating group) is 1. The van der Waals surface area contributed by atoms with Crippen molar-refractivity contribution in [3.63, 3.8) is 0 Å². The zero-order valence-corrected chi connectivity index (χ0v) is 19.5. The van der Waals surface area contributed by atoms with E-state index >= 15 is 0 Å². The van der Waals surface area contributed by atoms with Gasteiger partial charge in [0, 0.05) is 39.3 Å². The van der Waals surface area contributed by atoms with E-state index in [0.29, 0.717) is 6.54 Å². The lowest BCUT2D eigenvalue weighted by atomic mass is 10.1. The van der Waals surface area contributed by atoms with Gasteiger partial charge in [0.25, 0.3) is 0 Å². The molecule has 6 heteroatoms. The zero-order chi connectivity index (χ0) is 22.4. The highest BCUT2D eigenvalue weighted by atomic mass is 16.5. The number of hydrogen-bond acceptors (Lipinski definition) is 5. The molecule has 0 aromatic heterocycles. The van der Waals surface area contributed by atoms with Gasteiger partial charge < -0.3 is 14.4 Å². The number of piperazine rings is 1. The van der Waals surface area contributed by atoms with Crippen molar-refractivity contribution in [1.29, 1.82) is 0 Å². The second-order valence-corrected chi connectivity index (χ2v) is 8.44. The van der Waals surface area contributed by atoms with Crippen molar-refractivity contribution in [2.75, 3.05) is 54.0 Å². The van der Waals surface area contributed by atoms with E-state index in [4.69, 9.17) is 9.47 Å². The Bertz CT molecular complexity index is 851. The number of methoxy groups -OCH3 is 2. The van der Waals surface area contributed by atoms with Gasteiger partial charge in [0.15, 0.2) is 0 Å². The number of nitrogens with zero attached hydrogens (tertiary/aromatic N) is 3. The molecule has 0 radical (unpaired) electrons. The van der Waals surface area contributed by atoms with Gasteiger partial charge in [0.05, 0.1) is 20.8 Å². The first-order valence-corrected chi connectivity index (χ1v) is 10.9. The van der Waals surface area contributed by atoms with E-state index in [-0.39, 0.29) is 5.91 Å². The van der Waals surface area contributed by atoms with Crippen LogP contribution < -0.4 is 9.47 Å². The summed E-state index contributed by atoms with van der Waals surface area (Å²) in [7, 11) is 5.39. The van der Waals surface area contributed by atoms with Crippen LogP contribution in [0.3, 0.4) is 0 Å². The molecule has 2 aromatic rings. The van der Waals surface area contributed by atoms with Crippen LogP contribution >= 0.6 is 0 Å². The molecule has 168 valence electrons. The van der Waals surface area contributed by atoms with Crippen LogP contribution in [-0.4, -0.2) is 74.6 Å². The average molecular weight is 426 g/mol. The highest BCUT2D eigenvalue weighted by molar-refractivity contribution is 5.78. The van der Waals surface area contributed by atoms with E-state index in [1.54, 1.807) is 14.2 Å². The van der Waals surface area contributed by atoms with E-state index in [0.717, 1.165) is 61.9 Å². The van der Waals surface area contributed by atoms with Gasteiger partial charge in [-0.25, -0.2) is 0 Å². The van der Waals surface area contributed by atoms with Gasteiger partial charge in [0.2, 0.25) is 5.91 Å². The van der Waals surface area contributed by atoms with Crippen LogP contribution in [0.25, 0.3) is 0 Å². The SMILES string of the molecule is COc1ccc(CN2CCN(C(=O)CN(C)Cc3cc(C)c(OC)c(C)c3)CC2)cc1. The molecule has 0 unspecified atom stereocenters. The van der Waals surface area contributed by atoms with Crippen molar-refractivity contribution in [2.45, 2.75) is 26.9 Å². The summed E-state index contributed by atoms with van der Waals surface area (Å²) in [6, 6.07) is 12.5. The summed E-state index contributed by atoms with van der Waals surface area (Å²) in [6.45, 7) is 9.57. The number of aryl methyl sites for hydroxylation is 2. The third-order valence-electron chi connectivity index (χ3n) is 5.87. The molecule has 0 bridgehead atoms. The summed E-state index contributed by atoms with van der Waals surface area (Å²) in [5, 5.41) is 0. The fraction of sp³-hybridized carbons (Fsp3) is 0.480. The van der Waals surface area contributed by atoms with Crippen LogP contribution in [0.2, 0.25) is 0 Å². The largest absolute Gasteiger partial charge is 0.497 e. The molecule has 1 aliphatic heterocycles. The lowest BCUT2D eigenvalue weighted by Crippen LogP contribution is -2.50. The predicted molar refractivity (Wildman–Crippen MR) is 124 cm³/mol. The van der Waals surface area contributed by atoms with E-state index in [1.807, 2.05) is 24.1 Å². The lowest BCUT2D eigenvalue weighted by molar-refractivity contribution is -0.134. The maximum atomic E-state index is 12.8. The number of carbonyl (C=O) groups excluding carboxylic acids is 1. The minimum absolute atomic E-state index is 0.202. The molecule has 2 aromatic carbocycles. The van der Waals surface area contributed by atoms with E-state index in [9.17, 15) is 4.79 Å². The average Bonchev–Trinajstić information content (AvgIpc) is 2.74. The minimum Gasteiger partial charge on any atom is -0.497 e. The first-order valence-electron chi connectivity index (χ1n) is 10.9. The quantitative estimate of drug-likeness (QED) is 0.650. The summed E-state index contributed by atoms with van der Waals surface area (Å²) >= 11 is 0. The fourth-order valence-electron chi connectivity index (χ4n) is 4.30. The van der Waals surface area contributed by atoms with Gasteiger partial charge in [-0.15, -0.1) is 0 Å². The van der Waals surface area contributed by atoms with Crippen molar-refractivity contribution in [1.82, 2.24) is 14.7 Å². The molecule has 1 fully saturated rings. The van der Waals surface area contributed by atoms with E-state index in [1.165, 1.54) is 11.1 Å². The number of rotatable bonds is 8. The molecule has 0 N–H and O–H groups in total. The molecule has 0 saturated carbocycles. The van der Waals surface area contributed by atoms with Crippen molar-refractivity contribution in [2.24, 2.45) is 0 Å². The molecule has 0 aliphatic carbocycles. The van der Waals surface area contributed by atoms with Crippen LogP contribution in [0, 0.1) is 13.8 Å². The molecule has 0 spiro atoms. The standard InChI is InChI=1S/C25H35N3O3/c1-19-14-22(15-20(2)25(19)31-5)16-26(3)18-24(29)28-12-10-27(11-13-28)17-21-6-8-23(30-4)9-7-21/h6-9,14-15H,10-13,16-18H2,1-5H3. The molecule has 0 atom stereocenters. The van der Waals surface area contributed by atoms with Gasteiger partial charge in [-0.05, 0) is 55.3 Å². The molecule has 1 aliphatic rings. The Hall–Kier alpha value is -2.57. The summed E-state index contributed by atoms with van der Waals surface area (Å²) in [4.78, 5) is 19.3. The smallest absolute Gasteiger partial charge is 0.236 e. The van der Waals surface area contributed by atoms with Crippen LogP contribution in [0.4, 0.5) is 0 Å². The number of ether oxygens (including phenoxy) is 2. The highest BCUT2D eigenvalue weighted by Gasteiger charge is 2.22. The van der Waals surface area contributed by atoms with Gasteiger partial charge in [-0.2, -0.15) is 0 Å². The summed E-state index contributed by atoms with van der Waals surface area (Å²) in [6.07, 6.45) is 0. The zero-order valence-electron chi connectivity index (χ0n) is 19.5. The minimum atomic E-state index is 0.202. The summed E-state index contributed by atoms with van der Waals surface area (Å²) in [5.41, 5.74) is 4.73.